The number of aliphatic hydroxyl groups excluding tert-OH is 4. The van der Waals surface area contributed by atoms with Crippen molar-refractivity contribution in [2.45, 2.75) is 244 Å². The van der Waals surface area contributed by atoms with E-state index in [0.29, 0.717) is 43.3 Å². The molecule has 18 rings (SSSR count). The predicted octanol–water partition coefficient (Wildman–Crippen LogP) is 23.4. The van der Waals surface area contributed by atoms with E-state index in [4.69, 9.17) is 58.0 Å². The molecular weight excluding hydrogens is 1370 g/mol. The Balaban J connectivity index is 0.000000113. The van der Waals surface area contributed by atoms with Gasteiger partial charge in [-0.3, -0.25) is 25.5 Å². The van der Waals surface area contributed by atoms with E-state index in [1.807, 2.05) is 60.8 Å². The van der Waals surface area contributed by atoms with Crippen LogP contribution in [0.15, 0.2) is 91.6 Å². The quantitative estimate of drug-likeness (QED) is 0.0504. The van der Waals surface area contributed by atoms with Gasteiger partial charge in [0.25, 0.3) is 0 Å². The minimum Gasteiger partial charge on any atom is -0.388 e. The van der Waals surface area contributed by atoms with E-state index < -0.39 is 24.4 Å². The molecule has 5 atom stereocenters. The Morgan fingerprint density at radius 1 is 0.436 bits per heavy atom. The summed E-state index contributed by atoms with van der Waals surface area (Å²) in [4.78, 5) is 0. The van der Waals surface area contributed by atoms with Crippen molar-refractivity contribution in [1.29, 1.82) is 0 Å². The number of aliphatic hydroxyl groups is 4. The van der Waals surface area contributed by atoms with E-state index in [2.05, 4.69) is 84.7 Å². The summed E-state index contributed by atoms with van der Waals surface area (Å²) in [5.41, 5.74) is 10.0. The third-order valence-corrected chi connectivity index (χ3v) is 26.5. The predicted molar refractivity (Wildman–Crippen MR) is 413 cm³/mol. The Bertz CT molecular complexity index is 4320. The van der Waals surface area contributed by atoms with Gasteiger partial charge >= 0.3 is 0 Å². The molecule has 5 aromatic heterocycles. The molecule has 8 aliphatic rings. The molecule has 0 saturated heterocycles. The van der Waals surface area contributed by atoms with Crippen molar-refractivity contribution in [3.63, 3.8) is 0 Å². The number of aromatic amines is 5. The fourth-order valence-electron chi connectivity index (χ4n) is 19.9. The lowest BCUT2D eigenvalue weighted by Gasteiger charge is -2.58. The van der Waals surface area contributed by atoms with E-state index in [0.717, 1.165) is 125 Å². The standard InChI is InChI=1S/C18H21ClN2O.C17H23ClN2O.C16H21ClN2O.C16H21ClN2.C15H19ClN2O/c19-14-4-13-9-20-21-16(13)15(5-14)17(22)18-6-10-1-11(7-18)3-12(2-10)8-18;1-17(2,12-6-4-3-5-7-12)16(21)14-9-13(18)8-11-10-19-20-15(11)14;17-13-8-12-10-18-19-16(12)14(9-13)15(20)7-6-11-4-2-1-3-5-11;1-11(16(2)6-4-3-5-7-16)14-9-13(17)8-12-10-18-19-15(12)14;16-12-7-11-9-17-18-15(11)13(8-12)14(19)6-10-4-2-1-3-5-10/h4-5,9-12,17,22H,1-3,6-8H2,(H,20,21);8-10,12,16,21H,3-7H2,1-2H3,(H,19,20);8-11,15,20H,1-7H2,(H,18,19);8-11H,3-7H2,1-2H3,(H,18,19);7-10,14,19H,1-6H2,(H,17,18). The van der Waals surface area contributed by atoms with Gasteiger partial charge in [0.1, 0.15) is 0 Å². The molecule has 5 unspecified atom stereocenters. The van der Waals surface area contributed by atoms with E-state index in [-0.39, 0.29) is 10.8 Å². The van der Waals surface area contributed by atoms with Gasteiger partial charge in [-0.2, -0.15) is 25.5 Å². The molecule has 8 fully saturated rings. The largest absolute Gasteiger partial charge is 0.388 e. The Morgan fingerprint density at radius 3 is 1.23 bits per heavy atom. The fourth-order valence-corrected chi connectivity index (χ4v) is 21.1. The maximum Gasteiger partial charge on any atom is 0.0867 e. The molecule has 10 aromatic rings. The van der Waals surface area contributed by atoms with E-state index in [1.165, 1.54) is 173 Å². The monoisotopic (exact) mass is 1470 g/mol. The van der Waals surface area contributed by atoms with Crippen molar-refractivity contribution >= 4 is 113 Å². The number of nitrogens with one attached hydrogen (secondary N) is 5. The van der Waals surface area contributed by atoms with Gasteiger partial charge in [0, 0.05) is 79.7 Å². The summed E-state index contributed by atoms with van der Waals surface area (Å²) in [5, 5.41) is 87.4. The first-order valence-corrected chi connectivity index (χ1v) is 39.9. The molecule has 14 nitrogen and oxygen atoms in total. The molecule has 19 heteroatoms. The van der Waals surface area contributed by atoms with Gasteiger partial charge in [-0.1, -0.05) is 188 Å². The normalized spacial score (nSPS) is 23.3. The van der Waals surface area contributed by atoms with Crippen LogP contribution in [0.1, 0.15) is 272 Å². The van der Waals surface area contributed by atoms with Crippen molar-refractivity contribution in [3.8, 4) is 0 Å². The summed E-state index contributed by atoms with van der Waals surface area (Å²) < 4.78 is 0. The molecule has 0 spiro atoms. The Kier molecular flexibility index (Phi) is 23.9. The zero-order valence-corrected chi connectivity index (χ0v) is 63.2. The highest BCUT2D eigenvalue weighted by molar-refractivity contribution is 6.33. The first-order valence-electron chi connectivity index (χ1n) is 38.1. The zero-order chi connectivity index (χ0) is 70.6. The van der Waals surface area contributed by atoms with Crippen molar-refractivity contribution in [2.75, 3.05) is 0 Å². The second kappa shape index (κ2) is 32.6. The molecule has 542 valence electrons. The summed E-state index contributed by atoms with van der Waals surface area (Å²) in [5.74, 6) is 4.98. The Morgan fingerprint density at radius 2 is 0.782 bits per heavy atom. The third kappa shape index (κ3) is 17.0. The average molecular weight is 1470 g/mol. The molecule has 101 heavy (non-hydrogen) atoms. The number of rotatable bonds is 14. The Hall–Kier alpha value is -5.26. The van der Waals surface area contributed by atoms with Crippen LogP contribution in [0.5, 0.6) is 0 Å². The van der Waals surface area contributed by atoms with Crippen molar-refractivity contribution < 1.29 is 20.4 Å². The second-order valence-electron chi connectivity index (χ2n) is 32.7. The molecule has 8 aliphatic carbocycles. The second-order valence-corrected chi connectivity index (χ2v) is 34.9. The van der Waals surface area contributed by atoms with E-state index in [9.17, 15) is 20.4 Å². The minimum atomic E-state index is -0.540. The molecule has 0 radical (unpaired) electrons. The van der Waals surface area contributed by atoms with Crippen LogP contribution in [-0.4, -0.2) is 71.4 Å². The molecule has 4 bridgehead atoms. The van der Waals surface area contributed by atoms with Gasteiger partial charge in [0.15, 0.2) is 0 Å². The number of halogens is 5. The summed E-state index contributed by atoms with van der Waals surface area (Å²) in [6.45, 7) is 9.13. The highest BCUT2D eigenvalue weighted by atomic mass is 35.5. The number of hydrogen-bond acceptors (Lipinski definition) is 9. The number of nitrogens with zero attached hydrogens (tertiary/aromatic N) is 5. The summed E-state index contributed by atoms with van der Waals surface area (Å²) in [6.07, 6.45) is 43.6. The molecular formula is C82H105Cl5N10O4. The highest BCUT2D eigenvalue weighted by Crippen LogP contribution is 2.64. The van der Waals surface area contributed by atoms with Crippen LogP contribution in [0.4, 0.5) is 0 Å². The first-order chi connectivity index (χ1) is 48.7. The highest BCUT2D eigenvalue weighted by Gasteiger charge is 2.55. The number of hydrogen-bond donors (Lipinski definition) is 9. The van der Waals surface area contributed by atoms with Crippen LogP contribution < -0.4 is 0 Å². The van der Waals surface area contributed by atoms with Crippen LogP contribution in [0.2, 0.25) is 25.1 Å². The molecule has 0 aliphatic heterocycles. The van der Waals surface area contributed by atoms with Crippen LogP contribution in [0, 0.1) is 51.8 Å². The number of H-pyrrole nitrogens is 5. The van der Waals surface area contributed by atoms with Gasteiger partial charge in [0.2, 0.25) is 0 Å². The fraction of sp³-hybridized carbons (Fsp3) is 0.573. The minimum absolute atomic E-state index is 0.0669. The summed E-state index contributed by atoms with van der Waals surface area (Å²) in [7, 11) is 0. The maximum atomic E-state index is 11.3. The maximum absolute atomic E-state index is 11.3. The van der Waals surface area contributed by atoms with Crippen LogP contribution in [-0.2, 0) is 0 Å². The van der Waals surface area contributed by atoms with Crippen LogP contribution >= 0.6 is 58.0 Å². The van der Waals surface area contributed by atoms with Gasteiger partial charge in [-0.25, -0.2) is 0 Å². The van der Waals surface area contributed by atoms with E-state index in [1.54, 1.807) is 24.8 Å². The van der Waals surface area contributed by atoms with Crippen molar-refractivity contribution in [1.82, 2.24) is 51.0 Å². The lowest BCUT2D eigenvalue weighted by Crippen LogP contribution is -2.48. The number of fused-ring (bicyclic) bond motifs is 5. The average Bonchev–Trinajstić information content (AvgIpc) is 1.36. The molecule has 5 heterocycles. The Labute approximate surface area is 620 Å². The lowest BCUT2D eigenvalue weighted by molar-refractivity contribution is -0.121. The summed E-state index contributed by atoms with van der Waals surface area (Å²) >= 11 is 31.0. The number of benzene rings is 5. The van der Waals surface area contributed by atoms with Crippen LogP contribution in [0.3, 0.4) is 0 Å². The molecule has 8 saturated carbocycles. The van der Waals surface area contributed by atoms with Gasteiger partial charge in [-0.15, -0.1) is 0 Å². The molecule has 9 N–H and O–H groups in total. The van der Waals surface area contributed by atoms with Crippen molar-refractivity contribution in [3.05, 3.63) is 145 Å². The molecule has 0 amide bonds. The van der Waals surface area contributed by atoms with Gasteiger partial charge in [0.05, 0.1) is 83.0 Å². The smallest absolute Gasteiger partial charge is 0.0867 e. The SMILES string of the molecule is CC(C)(C1CCCCC1)C(O)c1cc(Cl)cc2cn[nH]c12.CC(c1cc(Cl)cc2cn[nH]c12)C1(C)CCCCC1.OC(CC1CCCCC1)c1cc(Cl)cc2cn[nH]c12.OC(CCC1CCCCC1)c1cc(Cl)cc2cn[nH]c12.OC(c1cc(Cl)cc2cn[nH]c12)C12CC3CC(CC(C3)C1)C2. The van der Waals surface area contributed by atoms with Crippen LogP contribution in [0.25, 0.3) is 54.5 Å². The topological polar surface area (TPSA) is 224 Å². The van der Waals surface area contributed by atoms with Crippen molar-refractivity contribution in [2.24, 2.45) is 51.8 Å². The summed E-state index contributed by atoms with van der Waals surface area (Å²) in [6, 6.07) is 19.2. The molecule has 5 aromatic carbocycles. The third-order valence-electron chi connectivity index (χ3n) is 25.4. The van der Waals surface area contributed by atoms with Gasteiger partial charge < -0.3 is 20.4 Å². The lowest BCUT2D eigenvalue weighted by atomic mass is 9.47. The zero-order valence-electron chi connectivity index (χ0n) is 59.4. The number of aromatic nitrogens is 10. The van der Waals surface area contributed by atoms with Gasteiger partial charge in [-0.05, 0) is 202 Å². The first kappa shape index (κ1) is 74.0. The van der Waals surface area contributed by atoms with E-state index >= 15 is 0 Å².